The molecule has 2 aromatic carbocycles. The highest BCUT2D eigenvalue weighted by atomic mass is 35.5. The normalized spacial score (nSPS) is 11.9. The highest BCUT2D eigenvalue weighted by molar-refractivity contribution is 7.07. The Morgan fingerprint density at radius 2 is 1.78 bits per heavy atom. The molecule has 0 atom stereocenters. The number of hydrogen-bond donors (Lipinski definition) is 0. The van der Waals surface area contributed by atoms with Crippen LogP contribution >= 0.6 is 22.9 Å². The third-order valence-corrected chi connectivity index (χ3v) is 5.06. The Morgan fingerprint density at radius 3 is 2.52 bits per heavy atom. The Hall–Kier alpha value is -1.84. The fourth-order valence-corrected chi connectivity index (χ4v) is 3.43. The average molecular weight is 343 g/mol. The molecule has 0 fully saturated rings. The molecule has 3 aromatic rings. The zero-order valence-electron chi connectivity index (χ0n) is 13.5. The summed E-state index contributed by atoms with van der Waals surface area (Å²) in [4.78, 5) is 5.91. The molecule has 1 heterocycles. The quantitative estimate of drug-likeness (QED) is 0.605. The summed E-state index contributed by atoms with van der Waals surface area (Å²) >= 11 is 7.65. The smallest absolute Gasteiger partial charge is 0.190 e. The number of hydrogen-bond acceptors (Lipinski definition) is 2. The van der Waals surface area contributed by atoms with E-state index < -0.39 is 0 Å². The van der Waals surface area contributed by atoms with E-state index in [1.807, 2.05) is 12.1 Å². The first-order valence-corrected chi connectivity index (χ1v) is 8.80. The van der Waals surface area contributed by atoms with Crippen molar-refractivity contribution >= 4 is 28.6 Å². The Labute approximate surface area is 145 Å². The van der Waals surface area contributed by atoms with Crippen LogP contribution in [-0.2, 0) is 6.54 Å². The molecule has 0 amide bonds. The summed E-state index contributed by atoms with van der Waals surface area (Å²) in [5.41, 5.74) is 5.90. The van der Waals surface area contributed by atoms with Crippen LogP contribution in [0.1, 0.15) is 22.4 Å². The second-order valence-corrected chi connectivity index (χ2v) is 7.05. The standard InChI is InChI=1S/C19H19ClN2S/c1-13-4-5-14(2)18(10-13)21-19-22(15(3)12-23-19)11-16-6-8-17(20)9-7-16/h4-10,12H,11H2,1-3H3. The number of rotatable bonds is 3. The molecule has 0 saturated heterocycles. The predicted octanol–water partition coefficient (Wildman–Crippen LogP) is 5.41. The van der Waals surface area contributed by atoms with Gasteiger partial charge in [0.2, 0.25) is 0 Å². The van der Waals surface area contributed by atoms with Crippen molar-refractivity contribution < 1.29 is 0 Å². The third-order valence-electron chi connectivity index (χ3n) is 3.83. The fourth-order valence-electron chi connectivity index (χ4n) is 2.41. The molecule has 2 nitrogen and oxygen atoms in total. The van der Waals surface area contributed by atoms with Crippen molar-refractivity contribution in [2.75, 3.05) is 0 Å². The lowest BCUT2D eigenvalue weighted by Gasteiger charge is -2.07. The first-order chi connectivity index (χ1) is 11.0. The van der Waals surface area contributed by atoms with E-state index in [1.165, 1.54) is 22.4 Å². The third kappa shape index (κ3) is 3.74. The molecule has 0 N–H and O–H groups in total. The Kier molecular flexibility index (Phi) is 4.69. The van der Waals surface area contributed by atoms with Gasteiger partial charge in [-0.25, -0.2) is 4.99 Å². The van der Waals surface area contributed by atoms with Crippen molar-refractivity contribution in [3.8, 4) is 0 Å². The predicted molar refractivity (Wildman–Crippen MR) is 98.7 cm³/mol. The Balaban J connectivity index is 2.03. The number of benzene rings is 2. The van der Waals surface area contributed by atoms with Gasteiger partial charge in [-0.1, -0.05) is 35.9 Å². The van der Waals surface area contributed by atoms with Crippen molar-refractivity contribution in [1.82, 2.24) is 4.57 Å². The lowest BCUT2D eigenvalue weighted by molar-refractivity contribution is 0.742. The molecule has 0 aliphatic carbocycles. The van der Waals surface area contributed by atoms with Crippen LogP contribution in [0.5, 0.6) is 0 Å². The average Bonchev–Trinajstić information content (AvgIpc) is 2.86. The van der Waals surface area contributed by atoms with E-state index >= 15 is 0 Å². The summed E-state index contributed by atoms with van der Waals surface area (Å²) in [6.07, 6.45) is 0. The van der Waals surface area contributed by atoms with E-state index in [9.17, 15) is 0 Å². The van der Waals surface area contributed by atoms with E-state index in [2.05, 4.69) is 61.1 Å². The van der Waals surface area contributed by atoms with Gasteiger partial charge in [-0.3, -0.25) is 0 Å². The summed E-state index contributed by atoms with van der Waals surface area (Å²) in [6, 6.07) is 14.4. The molecule has 0 radical (unpaired) electrons. The summed E-state index contributed by atoms with van der Waals surface area (Å²) in [5.74, 6) is 0. The van der Waals surface area contributed by atoms with Gasteiger partial charge in [-0.15, -0.1) is 11.3 Å². The van der Waals surface area contributed by atoms with Gasteiger partial charge in [0, 0.05) is 16.1 Å². The SMILES string of the molecule is Cc1ccc(C)c(N=c2scc(C)n2Cc2ccc(Cl)cc2)c1. The molecule has 1 aromatic heterocycles. The van der Waals surface area contributed by atoms with E-state index in [-0.39, 0.29) is 0 Å². The number of aromatic nitrogens is 1. The van der Waals surface area contributed by atoms with Gasteiger partial charge < -0.3 is 4.57 Å². The van der Waals surface area contributed by atoms with Crippen LogP contribution in [0.2, 0.25) is 5.02 Å². The Morgan fingerprint density at radius 1 is 1.04 bits per heavy atom. The van der Waals surface area contributed by atoms with Gasteiger partial charge >= 0.3 is 0 Å². The van der Waals surface area contributed by atoms with Gasteiger partial charge in [-0.2, -0.15) is 0 Å². The van der Waals surface area contributed by atoms with Crippen molar-refractivity contribution in [3.05, 3.63) is 80.1 Å². The van der Waals surface area contributed by atoms with Crippen LogP contribution in [0.3, 0.4) is 0 Å². The number of aryl methyl sites for hydroxylation is 3. The Bertz CT molecular complexity index is 888. The molecule has 0 bridgehead atoms. The lowest BCUT2D eigenvalue weighted by atomic mass is 10.1. The monoisotopic (exact) mass is 342 g/mol. The van der Waals surface area contributed by atoms with E-state index in [4.69, 9.17) is 16.6 Å². The maximum Gasteiger partial charge on any atom is 0.190 e. The number of thiazole rings is 1. The summed E-state index contributed by atoms with van der Waals surface area (Å²) < 4.78 is 2.25. The molecule has 4 heteroatoms. The van der Waals surface area contributed by atoms with Crippen molar-refractivity contribution in [1.29, 1.82) is 0 Å². The second-order valence-electron chi connectivity index (χ2n) is 5.77. The van der Waals surface area contributed by atoms with Crippen LogP contribution < -0.4 is 4.80 Å². The molecule has 23 heavy (non-hydrogen) atoms. The van der Waals surface area contributed by atoms with E-state index in [0.29, 0.717) is 0 Å². The van der Waals surface area contributed by atoms with Gasteiger partial charge in [0.1, 0.15) is 0 Å². The van der Waals surface area contributed by atoms with Gasteiger partial charge in [0.05, 0.1) is 12.2 Å². The zero-order valence-corrected chi connectivity index (χ0v) is 15.1. The van der Waals surface area contributed by atoms with Gasteiger partial charge in [0.15, 0.2) is 4.80 Å². The second kappa shape index (κ2) is 6.73. The van der Waals surface area contributed by atoms with Crippen LogP contribution in [-0.4, -0.2) is 4.57 Å². The molecule has 0 spiro atoms. The van der Waals surface area contributed by atoms with Gasteiger partial charge in [0.25, 0.3) is 0 Å². The first-order valence-electron chi connectivity index (χ1n) is 7.54. The summed E-state index contributed by atoms with van der Waals surface area (Å²) in [7, 11) is 0. The van der Waals surface area contributed by atoms with Crippen LogP contribution in [0.15, 0.2) is 52.8 Å². The summed E-state index contributed by atoms with van der Waals surface area (Å²) in [5, 5.41) is 2.92. The molecule has 0 aliphatic rings. The maximum absolute atomic E-state index is 5.97. The zero-order chi connectivity index (χ0) is 16.4. The molecule has 0 aliphatic heterocycles. The topological polar surface area (TPSA) is 17.3 Å². The van der Waals surface area contributed by atoms with Crippen molar-refractivity contribution in [2.24, 2.45) is 4.99 Å². The highest BCUT2D eigenvalue weighted by Crippen LogP contribution is 2.20. The van der Waals surface area contributed by atoms with Crippen LogP contribution in [0.4, 0.5) is 5.69 Å². The number of nitrogens with zero attached hydrogens (tertiary/aromatic N) is 2. The largest absolute Gasteiger partial charge is 0.317 e. The van der Waals surface area contributed by atoms with Crippen LogP contribution in [0, 0.1) is 20.8 Å². The van der Waals surface area contributed by atoms with Crippen LogP contribution in [0.25, 0.3) is 0 Å². The molecule has 0 saturated carbocycles. The van der Waals surface area contributed by atoms with E-state index in [0.717, 1.165) is 22.1 Å². The molecule has 118 valence electrons. The minimum Gasteiger partial charge on any atom is -0.317 e. The molecular formula is C19H19ClN2S. The minimum atomic E-state index is 0.765. The molecule has 3 rings (SSSR count). The van der Waals surface area contributed by atoms with E-state index in [1.54, 1.807) is 11.3 Å². The maximum atomic E-state index is 5.97. The van der Waals surface area contributed by atoms with Crippen molar-refractivity contribution in [2.45, 2.75) is 27.3 Å². The van der Waals surface area contributed by atoms with Crippen molar-refractivity contribution in [3.63, 3.8) is 0 Å². The first kappa shape index (κ1) is 16.0. The molecular weight excluding hydrogens is 324 g/mol. The fraction of sp³-hybridized carbons (Fsp3) is 0.211. The van der Waals surface area contributed by atoms with Gasteiger partial charge in [-0.05, 0) is 55.7 Å². The summed E-state index contributed by atoms with van der Waals surface area (Å²) in [6.45, 7) is 7.12. The lowest BCUT2D eigenvalue weighted by Crippen LogP contribution is -2.16. The minimum absolute atomic E-state index is 0.765. The highest BCUT2D eigenvalue weighted by Gasteiger charge is 2.04. The molecule has 0 unspecified atom stereocenters. The number of halogens is 1.